The van der Waals surface area contributed by atoms with Gasteiger partial charge in [-0.1, -0.05) is 11.8 Å². The van der Waals surface area contributed by atoms with Crippen LogP contribution in [0.2, 0.25) is 0 Å². The molecule has 0 atom stereocenters. The average Bonchev–Trinajstić information content (AvgIpc) is 2.17. The SMILES string of the molecule is CSc1nc(NN)c(F)c(N(C)C)n1. The van der Waals surface area contributed by atoms with E-state index in [9.17, 15) is 4.39 Å². The Balaban J connectivity index is 3.27. The molecule has 0 saturated heterocycles. The monoisotopic (exact) mass is 217 g/mol. The fourth-order valence-corrected chi connectivity index (χ4v) is 1.26. The third-order valence-corrected chi connectivity index (χ3v) is 2.10. The van der Waals surface area contributed by atoms with Crippen LogP contribution < -0.4 is 16.2 Å². The van der Waals surface area contributed by atoms with Gasteiger partial charge in [0, 0.05) is 14.1 Å². The molecular formula is C7H12FN5S. The van der Waals surface area contributed by atoms with Crippen molar-refractivity contribution in [2.45, 2.75) is 5.16 Å². The zero-order valence-corrected chi connectivity index (χ0v) is 9.02. The van der Waals surface area contributed by atoms with Crippen LogP contribution in [0, 0.1) is 5.82 Å². The van der Waals surface area contributed by atoms with E-state index >= 15 is 0 Å². The normalized spacial score (nSPS) is 10.1. The topological polar surface area (TPSA) is 67.1 Å². The lowest BCUT2D eigenvalue weighted by Crippen LogP contribution is -2.18. The lowest BCUT2D eigenvalue weighted by molar-refractivity contribution is 0.608. The van der Waals surface area contributed by atoms with Crippen LogP contribution in [-0.4, -0.2) is 30.3 Å². The van der Waals surface area contributed by atoms with Crippen LogP contribution >= 0.6 is 11.8 Å². The molecule has 0 aromatic carbocycles. The second-order valence-corrected chi connectivity index (χ2v) is 3.51. The summed E-state index contributed by atoms with van der Waals surface area (Å²) < 4.78 is 13.5. The molecule has 1 heterocycles. The van der Waals surface area contributed by atoms with E-state index in [1.54, 1.807) is 19.0 Å². The maximum absolute atomic E-state index is 13.5. The van der Waals surface area contributed by atoms with E-state index in [4.69, 9.17) is 5.84 Å². The quantitative estimate of drug-likeness (QED) is 0.336. The number of nitrogens with two attached hydrogens (primary N) is 1. The van der Waals surface area contributed by atoms with Gasteiger partial charge in [-0.25, -0.2) is 15.8 Å². The summed E-state index contributed by atoms with van der Waals surface area (Å²) in [6, 6.07) is 0. The number of halogens is 1. The predicted octanol–water partition coefficient (Wildman–Crippen LogP) is 0.689. The van der Waals surface area contributed by atoms with Gasteiger partial charge in [-0.2, -0.15) is 4.39 Å². The summed E-state index contributed by atoms with van der Waals surface area (Å²) in [4.78, 5) is 9.44. The molecule has 0 amide bonds. The van der Waals surface area contributed by atoms with Crippen LogP contribution in [-0.2, 0) is 0 Å². The van der Waals surface area contributed by atoms with Crippen LogP contribution in [0.1, 0.15) is 0 Å². The van der Waals surface area contributed by atoms with Crippen molar-refractivity contribution in [2.24, 2.45) is 5.84 Å². The first kappa shape index (κ1) is 11.0. The number of hydrazine groups is 1. The summed E-state index contributed by atoms with van der Waals surface area (Å²) >= 11 is 1.33. The Hall–Kier alpha value is -1.08. The van der Waals surface area contributed by atoms with Crippen LogP contribution in [0.3, 0.4) is 0 Å². The summed E-state index contributed by atoms with van der Waals surface area (Å²) in [6.07, 6.45) is 1.81. The Bertz CT molecular complexity index is 330. The molecule has 0 aliphatic rings. The summed E-state index contributed by atoms with van der Waals surface area (Å²) in [5, 5.41) is 0.475. The van der Waals surface area contributed by atoms with Crippen LogP contribution in [0.4, 0.5) is 16.0 Å². The molecule has 7 heteroatoms. The molecule has 0 fully saturated rings. The van der Waals surface area contributed by atoms with Crippen LogP contribution in [0.15, 0.2) is 5.16 Å². The molecular weight excluding hydrogens is 205 g/mol. The molecule has 3 N–H and O–H groups in total. The predicted molar refractivity (Wildman–Crippen MR) is 55.9 cm³/mol. The molecule has 0 unspecified atom stereocenters. The minimum atomic E-state index is -0.546. The molecule has 1 aromatic heterocycles. The van der Waals surface area contributed by atoms with E-state index < -0.39 is 5.82 Å². The maximum Gasteiger partial charge on any atom is 0.209 e. The Labute approximate surface area is 85.9 Å². The van der Waals surface area contributed by atoms with Crippen molar-refractivity contribution in [3.8, 4) is 0 Å². The molecule has 1 rings (SSSR count). The second kappa shape index (κ2) is 4.43. The van der Waals surface area contributed by atoms with Gasteiger partial charge in [0.2, 0.25) is 5.82 Å². The molecule has 78 valence electrons. The molecule has 0 aliphatic heterocycles. The first-order chi connectivity index (χ1) is 6.60. The van der Waals surface area contributed by atoms with Crippen molar-refractivity contribution < 1.29 is 4.39 Å². The van der Waals surface area contributed by atoms with E-state index in [0.29, 0.717) is 5.16 Å². The van der Waals surface area contributed by atoms with Crippen molar-refractivity contribution in [2.75, 3.05) is 30.7 Å². The number of hydrogen-bond acceptors (Lipinski definition) is 6. The van der Waals surface area contributed by atoms with Gasteiger partial charge >= 0.3 is 0 Å². The first-order valence-electron chi connectivity index (χ1n) is 3.85. The third-order valence-electron chi connectivity index (χ3n) is 1.56. The van der Waals surface area contributed by atoms with E-state index in [2.05, 4.69) is 15.4 Å². The fourth-order valence-electron chi connectivity index (χ4n) is 0.899. The number of anilines is 2. The minimum Gasteiger partial charge on any atom is -0.360 e. The van der Waals surface area contributed by atoms with Crippen molar-refractivity contribution in [3.05, 3.63) is 5.82 Å². The molecule has 0 saturated carbocycles. The molecule has 14 heavy (non-hydrogen) atoms. The zero-order chi connectivity index (χ0) is 10.7. The second-order valence-electron chi connectivity index (χ2n) is 2.74. The van der Waals surface area contributed by atoms with E-state index in [-0.39, 0.29) is 11.6 Å². The Morgan fingerprint density at radius 1 is 1.43 bits per heavy atom. The average molecular weight is 217 g/mol. The van der Waals surface area contributed by atoms with Gasteiger partial charge in [0.15, 0.2) is 16.8 Å². The Morgan fingerprint density at radius 2 is 2.07 bits per heavy atom. The number of nitrogen functional groups attached to an aromatic ring is 1. The molecule has 5 nitrogen and oxygen atoms in total. The van der Waals surface area contributed by atoms with Crippen molar-refractivity contribution in [1.29, 1.82) is 0 Å². The number of aromatic nitrogens is 2. The van der Waals surface area contributed by atoms with Gasteiger partial charge in [0.1, 0.15) is 0 Å². The van der Waals surface area contributed by atoms with Crippen LogP contribution in [0.25, 0.3) is 0 Å². The number of hydrogen-bond donors (Lipinski definition) is 2. The number of rotatable bonds is 3. The lowest BCUT2D eigenvalue weighted by Gasteiger charge is -2.14. The van der Waals surface area contributed by atoms with Gasteiger partial charge in [0.05, 0.1) is 0 Å². The van der Waals surface area contributed by atoms with Gasteiger partial charge < -0.3 is 10.3 Å². The highest BCUT2D eigenvalue weighted by molar-refractivity contribution is 7.98. The summed E-state index contributed by atoms with van der Waals surface area (Å²) in [6.45, 7) is 0. The Kier molecular flexibility index (Phi) is 3.48. The van der Waals surface area contributed by atoms with Crippen molar-refractivity contribution in [3.63, 3.8) is 0 Å². The Morgan fingerprint density at radius 3 is 2.50 bits per heavy atom. The first-order valence-corrected chi connectivity index (χ1v) is 5.08. The van der Waals surface area contributed by atoms with Crippen molar-refractivity contribution >= 4 is 23.4 Å². The highest BCUT2D eigenvalue weighted by Crippen LogP contribution is 2.23. The third kappa shape index (κ3) is 2.05. The van der Waals surface area contributed by atoms with E-state index in [1.807, 2.05) is 6.26 Å². The number of nitrogens with zero attached hydrogens (tertiary/aromatic N) is 3. The highest BCUT2D eigenvalue weighted by Gasteiger charge is 2.14. The van der Waals surface area contributed by atoms with Gasteiger partial charge in [0.25, 0.3) is 0 Å². The summed E-state index contributed by atoms with van der Waals surface area (Å²) in [5.41, 5.74) is 2.20. The largest absolute Gasteiger partial charge is 0.360 e. The number of nitrogens with one attached hydrogen (secondary N) is 1. The molecule has 0 radical (unpaired) electrons. The lowest BCUT2D eigenvalue weighted by atomic mass is 10.5. The molecule has 1 aromatic rings. The molecule has 0 spiro atoms. The molecule has 0 bridgehead atoms. The van der Waals surface area contributed by atoms with Crippen LogP contribution in [0.5, 0.6) is 0 Å². The zero-order valence-electron chi connectivity index (χ0n) is 8.21. The van der Waals surface area contributed by atoms with Gasteiger partial charge in [-0.05, 0) is 6.26 Å². The number of thioether (sulfide) groups is 1. The summed E-state index contributed by atoms with van der Waals surface area (Å²) in [7, 11) is 3.41. The maximum atomic E-state index is 13.5. The standard InChI is InChI=1S/C7H12FN5S/c1-13(2)6-4(8)5(12-9)10-7(11-6)14-3/h9H2,1-3H3,(H,10,11,12). The van der Waals surface area contributed by atoms with E-state index in [1.165, 1.54) is 11.8 Å². The smallest absolute Gasteiger partial charge is 0.209 e. The van der Waals surface area contributed by atoms with E-state index in [0.717, 1.165) is 0 Å². The highest BCUT2D eigenvalue weighted by atomic mass is 32.2. The molecule has 0 aliphatic carbocycles. The minimum absolute atomic E-state index is 0.00745. The van der Waals surface area contributed by atoms with Gasteiger partial charge in [-0.3, -0.25) is 0 Å². The fraction of sp³-hybridized carbons (Fsp3) is 0.429. The van der Waals surface area contributed by atoms with Gasteiger partial charge in [-0.15, -0.1) is 0 Å². The summed E-state index contributed by atoms with van der Waals surface area (Å²) in [5.74, 6) is 4.82. The van der Waals surface area contributed by atoms with Crippen molar-refractivity contribution in [1.82, 2.24) is 9.97 Å².